The highest BCUT2D eigenvalue weighted by Gasteiger charge is 2.29. The van der Waals surface area contributed by atoms with Gasteiger partial charge in [-0.2, -0.15) is 0 Å². The third kappa shape index (κ3) is 3.70. The number of benzene rings is 1. The molecule has 0 aromatic heterocycles. The number of carbonyl (C=O) groups excluding carboxylic acids is 1. The highest BCUT2D eigenvalue weighted by atomic mass is 16.2. The zero-order chi connectivity index (χ0) is 13.9. The Kier molecular flexibility index (Phi) is 4.10. The zero-order valence-electron chi connectivity index (χ0n) is 11.7. The molecule has 1 unspecified atom stereocenters. The van der Waals surface area contributed by atoms with Gasteiger partial charge in [0.1, 0.15) is 0 Å². The number of carbonyl (C=O) groups is 1. The molecule has 0 aliphatic heterocycles. The minimum Gasteiger partial charge on any atom is -0.333 e. The Hall–Kier alpha value is -1.55. The van der Waals surface area contributed by atoms with Crippen molar-refractivity contribution in [2.45, 2.75) is 51.1 Å². The standard InChI is InChI=1S/C15H23N3O/c1-11(16)12-5-7-13(8-6-12)17-14(19)18-15(2)9-3-4-10-15/h5-8,11H,3-4,9-10,16H2,1-2H3,(H2,17,18,19). The lowest BCUT2D eigenvalue weighted by Gasteiger charge is -2.25. The largest absolute Gasteiger partial charge is 0.333 e. The number of anilines is 1. The molecule has 4 heteroatoms. The van der Waals surface area contributed by atoms with Crippen molar-refractivity contribution in [2.75, 3.05) is 5.32 Å². The fraction of sp³-hybridized carbons (Fsp3) is 0.533. The van der Waals surface area contributed by atoms with Gasteiger partial charge in [0.2, 0.25) is 0 Å². The number of hydrogen-bond acceptors (Lipinski definition) is 2. The van der Waals surface area contributed by atoms with E-state index in [0.717, 1.165) is 24.1 Å². The van der Waals surface area contributed by atoms with Crippen LogP contribution in [0.15, 0.2) is 24.3 Å². The van der Waals surface area contributed by atoms with Crippen LogP contribution in [0.3, 0.4) is 0 Å². The van der Waals surface area contributed by atoms with Gasteiger partial charge in [-0.05, 0) is 44.4 Å². The molecule has 1 fully saturated rings. The summed E-state index contributed by atoms with van der Waals surface area (Å²) in [5.41, 5.74) is 7.60. The molecule has 1 aromatic carbocycles. The van der Waals surface area contributed by atoms with E-state index < -0.39 is 0 Å². The summed E-state index contributed by atoms with van der Waals surface area (Å²) >= 11 is 0. The van der Waals surface area contributed by atoms with Crippen molar-refractivity contribution in [3.63, 3.8) is 0 Å². The van der Waals surface area contributed by atoms with E-state index in [-0.39, 0.29) is 17.6 Å². The molecule has 0 heterocycles. The van der Waals surface area contributed by atoms with Gasteiger partial charge in [-0.15, -0.1) is 0 Å². The van der Waals surface area contributed by atoms with Gasteiger partial charge in [0.25, 0.3) is 0 Å². The third-order valence-electron chi connectivity index (χ3n) is 3.82. The second kappa shape index (κ2) is 5.61. The molecule has 4 nitrogen and oxygen atoms in total. The lowest BCUT2D eigenvalue weighted by Crippen LogP contribution is -2.45. The first-order valence-corrected chi connectivity index (χ1v) is 6.93. The highest BCUT2D eigenvalue weighted by molar-refractivity contribution is 5.89. The van der Waals surface area contributed by atoms with Crippen LogP contribution in [-0.4, -0.2) is 11.6 Å². The molecule has 104 valence electrons. The van der Waals surface area contributed by atoms with Gasteiger partial charge in [0.15, 0.2) is 0 Å². The summed E-state index contributed by atoms with van der Waals surface area (Å²) in [6, 6.07) is 7.54. The summed E-state index contributed by atoms with van der Waals surface area (Å²) in [5.74, 6) is 0. The normalized spacial score (nSPS) is 18.9. The average Bonchev–Trinajstić information content (AvgIpc) is 2.76. The fourth-order valence-electron chi connectivity index (χ4n) is 2.59. The van der Waals surface area contributed by atoms with Crippen molar-refractivity contribution in [2.24, 2.45) is 5.73 Å². The molecule has 0 spiro atoms. The number of nitrogens with two attached hydrogens (primary N) is 1. The second-order valence-corrected chi connectivity index (χ2v) is 5.76. The Balaban J connectivity index is 1.91. The maximum atomic E-state index is 11.9. The quantitative estimate of drug-likeness (QED) is 0.782. The van der Waals surface area contributed by atoms with Crippen LogP contribution in [0.4, 0.5) is 10.5 Å². The van der Waals surface area contributed by atoms with E-state index in [0.29, 0.717) is 0 Å². The highest BCUT2D eigenvalue weighted by Crippen LogP contribution is 2.28. The Morgan fingerprint density at radius 2 is 1.84 bits per heavy atom. The van der Waals surface area contributed by atoms with Crippen LogP contribution in [0.1, 0.15) is 51.1 Å². The van der Waals surface area contributed by atoms with Crippen molar-refractivity contribution in [1.29, 1.82) is 0 Å². The molecule has 0 bridgehead atoms. The van der Waals surface area contributed by atoms with Crippen LogP contribution in [-0.2, 0) is 0 Å². The van der Waals surface area contributed by atoms with Crippen LogP contribution in [0.25, 0.3) is 0 Å². The van der Waals surface area contributed by atoms with Crippen molar-refractivity contribution in [3.05, 3.63) is 29.8 Å². The molecular formula is C15H23N3O. The zero-order valence-corrected chi connectivity index (χ0v) is 11.7. The maximum Gasteiger partial charge on any atom is 0.319 e. The monoisotopic (exact) mass is 261 g/mol. The third-order valence-corrected chi connectivity index (χ3v) is 3.82. The number of amides is 2. The predicted molar refractivity (Wildman–Crippen MR) is 78.1 cm³/mol. The fourth-order valence-corrected chi connectivity index (χ4v) is 2.59. The molecule has 2 rings (SSSR count). The minimum absolute atomic E-state index is 0.0141. The lowest BCUT2D eigenvalue weighted by molar-refractivity contribution is 0.239. The molecule has 2 amide bonds. The van der Waals surface area contributed by atoms with Gasteiger partial charge in [-0.25, -0.2) is 4.79 Å². The molecule has 1 aliphatic rings. The number of nitrogens with one attached hydrogen (secondary N) is 2. The second-order valence-electron chi connectivity index (χ2n) is 5.76. The summed E-state index contributed by atoms with van der Waals surface area (Å²) < 4.78 is 0. The molecular weight excluding hydrogens is 238 g/mol. The van der Waals surface area contributed by atoms with Crippen molar-refractivity contribution in [1.82, 2.24) is 5.32 Å². The molecule has 1 aromatic rings. The average molecular weight is 261 g/mol. The van der Waals surface area contributed by atoms with Gasteiger partial charge >= 0.3 is 6.03 Å². The van der Waals surface area contributed by atoms with Gasteiger partial charge in [0, 0.05) is 17.3 Å². The van der Waals surface area contributed by atoms with Crippen LogP contribution < -0.4 is 16.4 Å². The Bertz CT molecular complexity index is 433. The van der Waals surface area contributed by atoms with E-state index in [9.17, 15) is 4.79 Å². The number of rotatable bonds is 3. The topological polar surface area (TPSA) is 67.1 Å². The van der Waals surface area contributed by atoms with Crippen molar-refractivity contribution < 1.29 is 4.79 Å². The van der Waals surface area contributed by atoms with E-state index in [2.05, 4.69) is 17.6 Å². The van der Waals surface area contributed by atoms with Gasteiger partial charge in [-0.3, -0.25) is 0 Å². The summed E-state index contributed by atoms with van der Waals surface area (Å²) in [7, 11) is 0. The Morgan fingerprint density at radius 1 is 1.26 bits per heavy atom. The number of hydrogen-bond donors (Lipinski definition) is 3. The molecule has 4 N–H and O–H groups in total. The first-order valence-electron chi connectivity index (χ1n) is 6.93. The summed E-state index contributed by atoms with van der Waals surface area (Å²) in [5, 5.41) is 5.94. The molecule has 0 saturated heterocycles. The van der Waals surface area contributed by atoms with Crippen LogP contribution >= 0.6 is 0 Å². The van der Waals surface area contributed by atoms with E-state index in [1.165, 1.54) is 12.8 Å². The van der Waals surface area contributed by atoms with Crippen LogP contribution in [0.2, 0.25) is 0 Å². The summed E-state index contributed by atoms with van der Waals surface area (Å²) in [6.07, 6.45) is 4.51. The number of urea groups is 1. The smallest absolute Gasteiger partial charge is 0.319 e. The van der Waals surface area contributed by atoms with Gasteiger partial charge in [0.05, 0.1) is 0 Å². The predicted octanol–water partition coefficient (Wildman–Crippen LogP) is 3.16. The lowest BCUT2D eigenvalue weighted by atomic mass is 10.0. The van der Waals surface area contributed by atoms with Gasteiger partial charge < -0.3 is 16.4 Å². The van der Waals surface area contributed by atoms with Crippen LogP contribution in [0, 0.1) is 0 Å². The molecule has 1 saturated carbocycles. The van der Waals surface area contributed by atoms with Crippen molar-refractivity contribution >= 4 is 11.7 Å². The van der Waals surface area contributed by atoms with Crippen LogP contribution in [0.5, 0.6) is 0 Å². The van der Waals surface area contributed by atoms with E-state index in [1.807, 2.05) is 31.2 Å². The minimum atomic E-state index is -0.127. The molecule has 0 radical (unpaired) electrons. The first kappa shape index (κ1) is 13.9. The maximum absolute atomic E-state index is 11.9. The van der Waals surface area contributed by atoms with Crippen molar-refractivity contribution in [3.8, 4) is 0 Å². The summed E-state index contributed by atoms with van der Waals surface area (Å²) in [4.78, 5) is 11.9. The Labute approximate surface area is 114 Å². The summed E-state index contributed by atoms with van der Waals surface area (Å²) in [6.45, 7) is 4.05. The van der Waals surface area contributed by atoms with E-state index in [1.54, 1.807) is 0 Å². The molecule has 1 atom stereocenters. The SMILES string of the molecule is CC(N)c1ccc(NC(=O)NC2(C)CCCC2)cc1. The molecule has 1 aliphatic carbocycles. The van der Waals surface area contributed by atoms with Gasteiger partial charge in [-0.1, -0.05) is 25.0 Å². The first-order chi connectivity index (χ1) is 8.98. The Morgan fingerprint density at radius 3 is 2.37 bits per heavy atom. The van der Waals surface area contributed by atoms with E-state index >= 15 is 0 Å². The van der Waals surface area contributed by atoms with E-state index in [4.69, 9.17) is 5.73 Å². The molecule has 19 heavy (non-hydrogen) atoms.